The molecule has 1 aromatic rings. The van der Waals surface area contributed by atoms with Crippen molar-refractivity contribution in [1.82, 2.24) is 0 Å². The number of benzene rings is 1. The van der Waals surface area contributed by atoms with Gasteiger partial charge in [0.2, 0.25) is 0 Å². The highest BCUT2D eigenvalue weighted by Gasteiger charge is 2.10. The van der Waals surface area contributed by atoms with Crippen LogP contribution in [0.5, 0.6) is 5.75 Å². The number of phenols is 1. The summed E-state index contributed by atoms with van der Waals surface area (Å²) >= 11 is 7.65. The highest BCUT2D eigenvalue weighted by Crippen LogP contribution is 2.25. The van der Waals surface area contributed by atoms with Crippen LogP contribution in [-0.2, 0) is 0 Å². The molecule has 0 unspecified atom stereocenters. The van der Waals surface area contributed by atoms with E-state index in [1.165, 1.54) is 6.07 Å². The second kappa shape index (κ2) is 3.37. The minimum absolute atomic E-state index is 0.0345. The zero-order valence-electron chi connectivity index (χ0n) is 5.84. The number of thiocarbonyl (C=S) groups is 1. The topological polar surface area (TPSA) is 46.2 Å². The van der Waals surface area contributed by atoms with E-state index in [-0.39, 0.29) is 10.6 Å². The van der Waals surface area contributed by atoms with Crippen molar-refractivity contribution in [1.29, 1.82) is 0 Å². The molecule has 0 saturated heterocycles. The first kappa shape index (κ1) is 9.41. The van der Waals surface area contributed by atoms with Gasteiger partial charge < -0.3 is 10.8 Å². The monoisotopic (exact) mass is 249 g/mol. The summed E-state index contributed by atoms with van der Waals surface area (Å²) in [7, 11) is 0. The van der Waals surface area contributed by atoms with Gasteiger partial charge in [0, 0.05) is 4.47 Å². The van der Waals surface area contributed by atoms with Crippen molar-refractivity contribution in [2.75, 3.05) is 0 Å². The molecule has 3 N–H and O–H groups in total. The lowest BCUT2D eigenvalue weighted by Crippen LogP contribution is -2.10. The van der Waals surface area contributed by atoms with Crippen molar-refractivity contribution in [2.45, 2.75) is 0 Å². The Morgan fingerprint density at radius 2 is 2.17 bits per heavy atom. The van der Waals surface area contributed by atoms with Crippen LogP contribution in [-0.4, -0.2) is 10.1 Å². The van der Waals surface area contributed by atoms with Crippen LogP contribution in [0.2, 0.25) is 0 Å². The van der Waals surface area contributed by atoms with Gasteiger partial charge in [-0.25, -0.2) is 4.39 Å². The highest BCUT2D eigenvalue weighted by atomic mass is 79.9. The molecular formula is C7H5BrFNOS. The molecule has 0 aliphatic heterocycles. The molecule has 0 aromatic heterocycles. The summed E-state index contributed by atoms with van der Waals surface area (Å²) in [5.74, 6) is -1.25. The quantitative estimate of drug-likeness (QED) is 0.748. The molecule has 0 atom stereocenters. The van der Waals surface area contributed by atoms with E-state index in [4.69, 9.17) is 10.8 Å². The van der Waals surface area contributed by atoms with Crippen LogP contribution >= 0.6 is 28.1 Å². The summed E-state index contributed by atoms with van der Waals surface area (Å²) in [5, 5.41) is 9.13. The van der Waals surface area contributed by atoms with E-state index in [1.807, 2.05) is 0 Å². The van der Waals surface area contributed by atoms with Gasteiger partial charge in [-0.05, 0) is 12.1 Å². The Morgan fingerprint density at radius 3 is 2.67 bits per heavy atom. The Kier molecular flexibility index (Phi) is 2.64. The van der Waals surface area contributed by atoms with E-state index < -0.39 is 11.6 Å². The summed E-state index contributed by atoms with van der Waals surface area (Å²) in [5.41, 5.74) is 5.37. The van der Waals surface area contributed by atoms with E-state index in [2.05, 4.69) is 28.1 Å². The molecule has 5 heteroatoms. The van der Waals surface area contributed by atoms with Gasteiger partial charge in [-0.15, -0.1) is 0 Å². The predicted molar refractivity (Wildman–Crippen MR) is 51.7 cm³/mol. The zero-order chi connectivity index (χ0) is 9.30. The van der Waals surface area contributed by atoms with Crippen LogP contribution in [0.1, 0.15) is 5.56 Å². The maximum atomic E-state index is 12.8. The van der Waals surface area contributed by atoms with E-state index >= 15 is 0 Å². The molecule has 0 aliphatic carbocycles. The first-order chi connectivity index (χ1) is 5.52. The summed E-state index contributed by atoms with van der Waals surface area (Å²) < 4.78 is 13.3. The standard InChI is InChI=1S/C7H5BrFNOS/c8-3-1-4(7(10)12)6(11)5(9)2-3/h1-2,11H,(H2,10,12). The number of rotatable bonds is 1. The molecule has 12 heavy (non-hydrogen) atoms. The number of halogens is 2. The molecule has 0 radical (unpaired) electrons. The van der Waals surface area contributed by atoms with E-state index in [1.54, 1.807) is 0 Å². The Morgan fingerprint density at radius 1 is 1.58 bits per heavy atom. The second-order valence-electron chi connectivity index (χ2n) is 2.15. The number of hydrogen-bond acceptors (Lipinski definition) is 2. The zero-order valence-corrected chi connectivity index (χ0v) is 8.25. The van der Waals surface area contributed by atoms with Crippen molar-refractivity contribution in [3.63, 3.8) is 0 Å². The van der Waals surface area contributed by atoms with Gasteiger partial charge in [0.1, 0.15) is 4.99 Å². The molecule has 0 heterocycles. The van der Waals surface area contributed by atoms with Gasteiger partial charge in [0.05, 0.1) is 5.56 Å². The molecule has 0 bridgehead atoms. The molecule has 0 aliphatic rings. The molecule has 0 spiro atoms. The molecule has 2 nitrogen and oxygen atoms in total. The predicted octanol–water partition coefficient (Wildman–Crippen LogP) is 1.93. The molecule has 1 rings (SSSR count). The van der Waals surface area contributed by atoms with Crippen LogP contribution in [0.3, 0.4) is 0 Å². The molecule has 0 saturated carbocycles. The number of hydrogen-bond donors (Lipinski definition) is 2. The smallest absolute Gasteiger partial charge is 0.166 e. The second-order valence-corrected chi connectivity index (χ2v) is 3.50. The summed E-state index contributed by atoms with van der Waals surface area (Å²) in [6, 6.07) is 2.60. The average molecular weight is 250 g/mol. The van der Waals surface area contributed by atoms with Crippen LogP contribution in [0, 0.1) is 5.82 Å². The van der Waals surface area contributed by atoms with Gasteiger partial charge in [-0.3, -0.25) is 0 Å². The first-order valence-electron chi connectivity index (χ1n) is 3.00. The fourth-order valence-electron chi connectivity index (χ4n) is 0.754. The third kappa shape index (κ3) is 1.73. The minimum atomic E-state index is -0.743. The maximum absolute atomic E-state index is 12.8. The summed E-state index contributed by atoms with van der Waals surface area (Å²) in [6.45, 7) is 0. The van der Waals surface area contributed by atoms with Crippen LogP contribution < -0.4 is 5.73 Å². The van der Waals surface area contributed by atoms with Gasteiger partial charge in [-0.1, -0.05) is 28.1 Å². The highest BCUT2D eigenvalue weighted by molar-refractivity contribution is 9.10. The largest absolute Gasteiger partial charge is 0.504 e. The van der Waals surface area contributed by atoms with Crippen molar-refractivity contribution in [2.24, 2.45) is 5.73 Å². The number of phenolic OH excluding ortho intramolecular Hbond substituents is 1. The van der Waals surface area contributed by atoms with E-state index in [0.717, 1.165) is 6.07 Å². The van der Waals surface area contributed by atoms with Gasteiger partial charge in [0.25, 0.3) is 0 Å². The first-order valence-corrected chi connectivity index (χ1v) is 4.20. The molecular weight excluding hydrogens is 245 g/mol. The fraction of sp³-hybridized carbons (Fsp3) is 0. The van der Waals surface area contributed by atoms with Gasteiger partial charge in [-0.2, -0.15) is 0 Å². The van der Waals surface area contributed by atoms with Gasteiger partial charge >= 0.3 is 0 Å². The molecule has 0 fully saturated rings. The van der Waals surface area contributed by atoms with E-state index in [0.29, 0.717) is 4.47 Å². The third-order valence-corrected chi connectivity index (χ3v) is 1.97. The SMILES string of the molecule is NC(=S)c1cc(Br)cc(F)c1O. The number of nitrogens with two attached hydrogens (primary N) is 1. The third-order valence-electron chi connectivity index (χ3n) is 1.29. The van der Waals surface area contributed by atoms with Crippen molar-refractivity contribution in [3.8, 4) is 5.75 Å². The minimum Gasteiger partial charge on any atom is -0.504 e. The average Bonchev–Trinajstić information content (AvgIpc) is 1.96. The Labute approximate surface area is 82.3 Å². The normalized spacial score (nSPS) is 9.83. The Bertz CT molecular complexity index is 342. The van der Waals surface area contributed by atoms with Crippen LogP contribution in [0.25, 0.3) is 0 Å². The maximum Gasteiger partial charge on any atom is 0.166 e. The summed E-state index contributed by atoms with van der Waals surface area (Å²) in [4.78, 5) is -0.0345. The Hall–Kier alpha value is -0.680. The van der Waals surface area contributed by atoms with Crippen LogP contribution in [0.15, 0.2) is 16.6 Å². The molecule has 64 valence electrons. The molecule has 1 aromatic carbocycles. The summed E-state index contributed by atoms with van der Waals surface area (Å²) in [6.07, 6.45) is 0. The lowest BCUT2D eigenvalue weighted by molar-refractivity contribution is 0.431. The van der Waals surface area contributed by atoms with Crippen molar-refractivity contribution >= 4 is 33.1 Å². The van der Waals surface area contributed by atoms with Crippen molar-refractivity contribution in [3.05, 3.63) is 28.0 Å². The molecule has 0 amide bonds. The Balaban J connectivity index is 3.37. The fourth-order valence-corrected chi connectivity index (χ4v) is 1.34. The van der Waals surface area contributed by atoms with Crippen molar-refractivity contribution < 1.29 is 9.50 Å². The lowest BCUT2D eigenvalue weighted by Gasteiger charge is -2.03. The number of aromatic hydroxyl groups is 1. The lowest BCUT2D eigenvalue weighted by atomic mass is 10.2. The van der Waals surface area contributed by atoms with Crippen LogP contribution in [0.4, 0.5) is 4.39 Å². The van der Waals surface area contributed by atoms with E-state index in [9.17, 15) is 4.39 Å². The van der Waals surface area contributed by atoms with Gasteiger partial charge in [0.15, 0.2) is 11.6 Å².